The molecule has 1 aromatic heterocycles. The molecule has 6 heteroatoms. The van der Waals surface area contributed by atoms with Crippen LogP contribution in [0.25, 0.3) is 11.4 Å². The highest BCUT2D eigenvalue weighted by molar-refractivity contribution is 5.58. The number of aromatic hydroxyl groups is 1. The summed E-state index contributed by atoms with van der Waals surface area (Å²) in [6.07, 6.45) is 2.21. The zero-order valence-electron chi connectivity index (χ0n) is 11.5. The van der Waals surface area contributed by atoms with Crippen LogP contribution in [0.2, 0.25) is 0 Å². The van der Waals surface area contributed by atoms with E-state index in [9.17, 15) is 5.11 Å². The normalized spacial score (nSPS) is 16.6. The molecule has 20 heavy (non-hydrogen) atoms. The first-order valence-electron chi connectivity index (χ1n) is 6.90. The predicted molar refractivity (Wildman–Crippen MR) is 77.8 cm³/mol. The molecule has 0 atom stereocenters. The molecule has 0 unspecified atom stereocenters. The zero-order valence-corrected chi connectivity index (χ0v) is 11.5. The van der Waals surface area contributed by atoms with Crippen molar-refractivity contribution in [3.05, 3.63) is 24.3 Å². The van der Waals surface area contributed by atoms with Crippen molar-refractivity contribution in [3.63, 3.8) is 0 Å². The van der Waals surface area contributed by atoms with Crippen molar-refractivity contribution in [2.45, 2.75) is 18.9 Å². The first kappa shape index (κ1) is 12.9. The number of phenolic OH excluding ortho intramolecular Hbond substituents is 1. The van der Waals surface area contributed by atoms with E-state index in [1.54, 1.807) is 18.2 Å². The molecule has 106 valence electrons. The topological polar surface area (TPSA) is 77.1 Å². The lowest BCUT2D eigenvalue weighted by atomic mass is 10.1. The Morgan fingerprint density at radius 3 is 2.85 bits per heavy atom. The minimum Gasteiger partial charge on any atom is -0.508 e. The van der Waals surface area contributed by atoms with Gasteiger partial charge in [0, 0.05) is 24.7 Å². The van der Waals surface area contributed by atoms with Gasteiger partial charge in [-0.2, -0.15) is 4.98 Å². The first-order valence-corrected chi connectivity index (χ1v) is 6.90. The Hall–Kier alpha value is -2.08. The summed E-state index contributed by atoms with van der Waals surface area (Å²) >= 11 is 0. The summed E-state index contributed by atoms with van der Waals surface area (Å²) in [4.78, 5) is 6.71. The SMILES string of the molecule is CNC1CCN(c2n[nH]c(-c3cccc(O)c3)n2)CC1. The van der Waals surface area contributed by atoms with Gasteiger partial charge >= 0.3 is 0 Å². The summed E-state index contributed by atoms with van der Waals surface area (Å²) in [7, 11) is 2.01. The maximum absolute atomic E-state index is 9.51. The number of piperidine rings is 1. The molecule has 0 amide bonds. The van der Waals surface area contributed by atoms with Gasteiger partial charge in [0.25, 0.3) is 0 Å². The van der Waals surface area contributed by atoms with Crippen LogP contribution in [-0.2, 0) is 0 Å². The number of hydrogen-bond donors (Lipinski definition) is 3. The smallest absolute Gasteiger partial charge is 0.245 e. The second-order valence-electron chi connectivity index (χ2n) is 5.08. The molecular formula is C14H19N5O. The Morgan fingerprint density at radius 1 is 1.35 bits per heavy atom. The molecule has 1 aromatic carbocycles. The van der Waals surface area contributed by atoms with E-state index in [2.05, 4.69) is 25.4 Å². The van der Waals surface area contributed by atoms with Crippen LogP contribution in [-0.4, -0.2) is 46.5 Å². The van der Waals surface area contributed by atoms with E-state index in [1.807, 2.05) is 13.1 Å². The van der Waals surface area contributed by atoms with E-state index < -0.39 is 0 Å². The van der Waals surface area contributed by atoms with Gasteiger partial charge in [0.2, 0.25) is 5.95 Å². The molecule has 3 rings (SSSR count). The van der Waals surface area contributed by atoms with Crippen LogP contribution in [0.4, 0.5) is 5.95 Å². The van der Waals surface area contributed by atoms with Crippen LogP contribution >= 0.6 is 0 Å². The molecule has 0 saturated carbocycles. The van der Waals surface area contributed by atoms with E-state index >= 15 is 0 Å². The van der Waals surface area contributed by atoms with Crippen LogP contribution in [0, 0.1) is 0 Å². The Balaban J connectivity index is 1.74. The zero-order chi connectivity index (χ0) is 13.9. The van der Waals surface area contributed by atoms with E-state index in [4.69, 9.17) is 0 Å². The number of nitrogens with one attached hydrogen (secondary N) is 2. The quantitative estimate of drug-likeness (QED) is 0.787. The van der Waals surface area contributed by atoms with Crippen molar-refractivity contribution in [1.29, 1.82) is 0 Å². The number of aromatic amines is 1. The molecule has 3 N–H and O–H groups in total. The average molecular weight is 273 g/mol. The number of H-pyrrole nitrogens is 1. The van der Waals surface area contributed by atoms with Crippen molar-refractivity contribution in [1.82, 2.24) is 20.5 Å². The Bertz CT molecular complexity index is 574. The molecule has 2 aromatic rings. The van der Waals surface area contributed by atoms with Crippen molar-refractivity contribution >= 4 is 5.95 Å². The molecule has 0 radical (unpaired) electrons. The summed E-state index contributed by atoms with van der Waals surface area (Å²) in [5.41, 5.74) is 0.842. The summed E-state index contributed by atoms with van der Waals surface area (Å²) in [5.74, 6) is 1.65. The van der Waals surface area contributed by atoms with Crippen LogP contribution in [0.3, 0.4) is 0 Å². The highest BCUT2D eigenvalue weighted by Gasteiger charge is 2.20. The maximum atomic E-state index is 9.51. The highest BCUT2D eigenvalue weighted by Crippen LogP contribution is 2.22. The third-order valence-corrected chi connectivity index (χ3v) is 3.78. The van der Waals surface area contributed by atoms with Crippen molar-refractivity contribution in [2.75, 3.05) is 25.0 Å². The number of benzene rings is 1. The number of nitrogens with zero attached hydrogens (tertiary/aromatic N) is 3. The molecular weight excluding hydrogens is 254 g/mol. The molecule has 6 nitrogen and oxygen atoms in total. The fraction of sp³-hybridized carbons (Fsp3) is 0.429. The molecule has 1 saturated heterocycles. The van der Waals surface area contributed by atoms with Gasteiger partial charge in [-0.05, 0) is 32.0 Å². The first-order chi connectivity index (χ1) is 9.76. The van der Waals surface area contributed by atoms with E-state index in [1.165, 1.54) is 0 Å². The van der Waals surface area contributed by atoms with Gasteiger partial charge in [-0.1, -0.05) is 12.1 Å². The highest BCUT2D eigenvalue weighted by atomic mass is 16.3. The number of hydrogen-bond acceptors (Lipinski definition) is 5. The standard InChI is InChI=1S/C14H19N5O/c1-15-11-5-7-19(8-6-11)14-16-13(17-18-14)10-3-2-4-12(20)9-10/h2-4,9,11,15,20H,5-8H2,1H3,(H,16,17,18). The van der Waals surface area contributed by atoms with Crippen LogP contribution in [0.5, 0.6) is 5.75 Å². The van der Waals surface area contributed by atoms with E-state index in [0.717, 1.165) is 37.4 Å². The van der Waals surface area contributed by atoms with Gasteiger partial charge in [-0.3, -0.25) is 5.10 Å². The lowest BCUT2D eigenvalue weighted by Crippen LogP contribution is -2.41. The summed E-state index contributed by atoms with van der Waals surface area (Å²) in [6.45, 7) is 1.92. The minimum absolute atomic E-state index is 0.232. The maximum Gasteiger partial charge on any atom is 0.245 e. The second-order valence-corrected chi connectivity index (χ2v) is 5.08. The van der Waals surface area contributed by atoms with Gasteiger partial charge in [-0.15, -0.1) is 5.10 Å². The number of aromatic nitrogens is 3. The van der Waals surface area contributed by atoms with Gasteiger partial charge < -0.3 is 15.3 Å². The van der Waals surface area contributed by atoms with Crippen molar-refractivity contribution in [2.24, 2.45) is 0 Å². The second kappa shape index (κ2) is 5.50. The summed E-state index contributed by atoms with van der Waals surface area (Å²) < 4.78 is 0. The lowest BCUT2D eigenvalue weighted by molar-refractivity contribution is 0.439. The molecule has 1 fully saturated rings. The summed E-state index contributed by atoms with van der Waals surface area (Å²) in [5, 5.41) is 20.0. The molecule has 2 heterocycles. The predicted octanol–water partition coefficient (Wildman–Crippen LogP) is 1.37. The Kier molecular flexibility index (Phi) is 3.56. The van der Waals surface area contributed by atoms with E-state index in [-0.39, 0.29) is 5.75 Å². The van der Waals surface area contributed by atoms with Crippen molar-refractivity contribution in [3.8, 4) is 17.1 Å². The van der Waals surface area contributed by atoms with E-state index in [0.29, 0.717) is 11.9 Å². The molecule has 0 spiro atoms. The fourth-order valence-corrected chi connectivity index (χ4v) is 2.54. The summed E-state index contributed by atoms with van der Waals surface area (Å²) in [6, 6.07) is 7.61. The number of rotatable bonds is 3. The van der Waals surface area contributed by atoms with Crippen molar-refractivity contribution < 1.29 is 5.11 Å². The van der Waals surface area contributed by atoms with Crippen LogP contribution in [0.1, 0.15) is 12.8 Å². The molecule has 0 aliphatic carbocycles. The monoisotopic (exact) mass is 273 g/mol. The lowest BCUT2D eigenvalue weighted by Gasteiger charge is -2.30. The third-order valence-electron chi connectivity index (χ3n) is 3.78. The largest absolute Gasteiger partial charge is 0.508 e. The average Bonchev–Trinajstić information content (AvgIpc) is 2.97. The number of anilines is 1. The number of phenols is 1. The minimum atomic E-state index is 0.232. The fourth-order valence-electron chi connectivity index (χ4n) is 2.54. The van der Waals surface area contributed by atoms with Gasteiger partial charge in [0.15, 0.2) is 5.82 Å². The third kappa shape index (κ3) is 2.60. The molecule has 1 aliphatic rings. The van der Waals surface area contributed by atoms with Gasteiger partial charge in [0.05, 0.1) is 0 Å². The van der Waals surface area contributed by atoms with Gasteiger partial charge in [0.1, 0.15) is 5.75 Å². The molecule has 0 bridgehead atoms. The van der Waals surface area contributed by atoms with Crippen LogP contribution in [0.15, 0.2) is 24.3 Å². The van der Waals surface area contributed by atoms with Crippen LogP contribution < -0.4 is 10.2 Å². The van der Waals surface area contributed by atoms with Gasteiger partial charge in [-0.25, -0.2) is 0 Å². The Labute approximate surface area is 117 Å². The Morgan fingerprint density at radius 2 is 2.15 bits per heavy atom. The molecule has 1 aliphatic heterocycles.